The third kappa shape index (κ3) is 5.98. The van der Waals surface area contributed by atoms with Gasteiger partial charge in [0.25, 0.3) is 0 Å². The summed E-state index contributed by atoms with van der Waals surface area (Å²) in [5.74, 6) is -1.60. The Kier molecular flexibility index (Phi) is 7.28. The minimum absolute atomic E-state index is 0.146. The van der Waals surface area contributed by atoms with Gasteiger partial charge in [0.05, 0.1) is 29.6 Å². The maximum absolute atomic E-state index is 12.1. The number of carbonyl (C=O) groups is 2. The Labute approximate surface area is 147 Å². The highest BCUT2D eigenvalue weighted by Crippen LogP contribution is 2.20. The highest BCUT2D eigenvalue weighted by Gasteiger charge is 2.19. The van der Waals surface area contributed by atoms with E-state index in [4.69, 9.17) is 11.6 Å². The minimum atomic E-state index is -1.22. The molecule has 0 aromatic heterocycles. The van der Waals surface area contributed by atoms with E-state index in [2.05, 4.69) is 11.4 Å². The second-order valence-electron chi connectivity index (χ2n) is 6.04. The summed E-state index contributed by atoms with van der Waals surface area (Å²) in [4.78, 5) is 23.3. The van der Waals surface area contributed by atoms with E-state index in [1.54, 1.807) is 29.6 Å². The average molecular weight is 351 g/mol. The zero-order valence-corrected chi connectivity index (χ0v) is 14.3. The molecule has 1 aromatic rings. The molecule has 3 N–H and O–H groups in total. The van der Waals surface area contributed by atoms with Crippen LogP contribution >= 0.6 is 11.6 Å². The van der Waals surface area contributed by atoms with Crippen LogP contribution in [0.2, 0.25) is 5.02 Å². The summed E-state index contributed by atoms with van der Waals surface area (Å²) in [6, 6.07) is 5.96. The summed E-state index contributed by atoms with van der Waals surface area (Å²) in [5, 5.41) is 16.0. The number of quaternary nitrogens is 1. The molecule has 1 aliphatic rings. The van der Waals surface area contributed by atoms with Crippen LogP contribution in [0.15, 0.2) is 35.9 Å². The molecule has 0 fully saturated rings. The van der Waals surface area contributed by atoms with Crippen molar-refractivity contribution >= 4 is 29.2 Å². The predicted molar refractivity (Wildman–Crippen MR) is 91.5 cm³/mol. The fourth-order valence-corrected chi connectivity index (χ4v) is 3.01. The van der Waals surface area contributed by atoms with Crippen molar-refractivity contribution in [1.82, 2.24) is 0 Å². The highest BCUT2D eigenvalue weighted by molar-refractivity contribution is 6.33. The van der Waals surface area contributed by atoms with Gasteiger partial charge in [-0.25, -0.2) is 0 Å². The fraction of sp³-hybridized carbons (Fsp3) is 0.444. The molecular weight excluding hydrogens is 328 g/mol. The Bertz CT molecular complexity index is 616. The number of carboxylic acid groups (broad SMARTS) is 1. The first-order chi connectivity index (χ1) is 11.6. The first-order valence-electron chi connectivity index (χ1n) is 8.32. The number of amides is 1. The van der Waals surface area contributed by atoms with Crippen LogP contribution in [0.5, 0.6) is 0 Å². The quantitative estimate of drug-likeness (QED) is 0.692. The van der Waals surface area contributed by atoms with Crippen LogP contribution in [0, 0.1) is 0 Å². The van der Waals surface area contributed by atoms with Crippen molar-refractivity contribution in [1.29, 1.82) is 0 Å². The van der Waals surface area contributed by atoms with Gasteiger partial charge in [-0.15, -0.1) is 0 Å². The molecule has 1 aliphatic carbocycles. The molecule has 1 amide bonds. The van der Waals surface area contributed by atoms with Gasteiger partial charge in [-0.05, 0) is 37.8 Å². The van der Waals surface area contributed by atoms with Gasteiger partial charge in [-0.2, -0.15) is 0 Å². The Morgan fingerprint density at radius 3 is 2.75 bits per heavy atom. The van der Waals surface area contributed by atoms with Crippen molar-refractivity contribution in [2.45, 2.75) is 44.6 Å². The number of hydrogen-bond donors (Lipinski definition) is 2. The molecule has 6 heteroatoms. The molecule has 0 bridgehead atoms. The Morgan fingerprint density at radius 1 is 1.29 bits per heavy atom. The van der Waals surface area contributed by atoms with Gasteiger partial charge in [0, 0.05) is 6.42 Å². The normalized spacial score (nSPS) is 15.5. The number of hydrogen-bond acceptors (Lipinski definition) is 3. The second kappa shape index (κ2) is 9.45. The lowest BCUT2D eigenvalue weighted by Gasteiger charge is -2.18. The first kappa shape index (κ1) is 18.5. The minimum Gasteiger partial charge on any atom is -0.544 e. The summed E-state index contributed by atoms with van der Waals surface area (Å²) in [5.41, 5.74) is 1.86. The zero-order valence-electron chi connectivity index (χ0n) is 13.6. The zero-order chi connectivity index (χ0) is 17.4. The van der Waals surface area contributed by atoms with Crippen LogP contribution in [-0.2, 0) is 9.59 Å². The van der Waals surface area contributed by atoms with E-state index in [0.717, 1.165) is 19.3 Å². The standard InChI is InChI=1S/C18H23ClN2O3/c19-14-8-4-5-9-15(14)21-17(22)12-16(18(23)24)20-11-10-13-6-2-1-3-7-13/h4-6,8-9,16,20H,1-3,7,10-12H2,(H,21,22)(H,23,24)/t16-/m1/s1. The molecule has 0 aliphatic heterocycles. The molecule has 130 valence electrons. The van der Waals surface area contributed by atoms with Crippen molar-refractivity contribution in [2.75, 3.05) is 11.9 Å². The molecule has 1 atom stereocenters. The number of rotatable bonds is 8. The van der Waals surface area contributed by atoms with E-state index >= 15 is 0 Å². The number of nitrogens with one attached hydrogen (secondary N) is 1. The smallest absolute Gasteiger partial charge is 0.230 e. The number of aliphatic carboxylic acids is 1. The lowest BCUT2D eigenvalue weighted by atomic mass is 9.97. The number of halogens is 1. The molecule has 0 heterocycles. The maximum Gasteiger partial charge on any atom is 0.230 e. The number of allylic oxidation sites excluding steroid dienone is 1. The van der Waals surface area contributed by atoms with E-state index < -0.39 is 12.0 Å². The van der Waals surface area contributed by atoms with Crippen LogP contribution in [0.4, 0.5) is 5.69 Å². The number of benzene rings is 1. The molecule has 0 saturated heterocycles. The molecule has 1 aromatic carbocycles. The van der Waals surface area contributed by atoms with Crippen molar-refractivity contribution in [3.8, 4) is 0 Å². The van der Waals surface area contributed by atoms with Crippen LogP contribution in [0.1, 0.15) is 38.5 Å². The van der Waals surface area contributed by atoms with Gasteiger partial charge in [0.15, 0.2) is 0 Å². The third-order valence-corrected chi connectivity index (χ3v) is 4.49. The molecule has 0 saturated carbocycles. The van der Waals surface area contributed by atoms with Gasteiger partial charge in [0.2, 0.25) is 5.91 Å². The number of anilines is 1. The molecule has 2 rings (SSSR count). The number of nitrogens with two attached hydrogens (primary N) is 1. The number of para-hydroxylation sites is 1. The van der Waals surface area contributed by atoms with Gasteiger partial charge < -0.3 is 20.5 Å². The Hall–Kier alpha value is -1.85. The maximum atomic E-state index is 12.1. The summed E-state index contributed by atoms with van der Waals surface area (Å²) < 4.78 is 0. The Balaban J connectivity index is 1.81. The molecule has 24 heavy (non-hydrogen) atoms. The predicted octanol–water partition coefficient (Wildman–Crippen LogP) is 1.24. The number of carbonyl (C=O) groups excluding carboxylic acids is 2. The second-order valence-corrected chi connectivity index (χ2v) is 6.45. The molecule has 0 spiro atoms. The van der Waals surface area contributed by atoms with Crippen LogP contribution in [0.25, 0.3) is 0 Å². The lowest BCUT2D eigenvalue weighted by Crippen LogP contribution is -2.93. The summed E-state index contributed by atoms with van der Waals surface area (Å²) >= 11 is 5.98. The van der Waals surface area contributed by atoms with Crippen molar-refractivity contribution < 1.29 is 20.0 Å². The van der Waals surface area contributed by atoms with Gasteiger partial charge in [-0.3, -0.25) is 4.79 Å². The monoisotopic (exact) mass is 350 g/mol. The van der Waals surface area contributed by atoms with Crippen LogP contribution in [-0.4, -0.2) is 24.5 Å². The first-order valence-corrected chi connectivity index (χ1v) is 8.70. The third-order valence-electron chi connectivity index (χ3n) is 4.16. The summed E-state index contributed by atoms with van der Waals surface area (Å²) in [6.45, 7) is 0.643. The van der Waals surface area contributed by atoms with Crippen molar-refractivity contribution in [2.24, 2.45) is 0 Å². The van der Waals surface area contributed by atoms with E-state index in [1.165, 1.54) is 18.4 Å². The molecular formula is C18H23ClN2O3. The van der Waals surface area contributed by atoms with E-state index in [-0.39, 0.29) is 12.3 Å². The van der Waals surface area contributed by atoms with Gasteiger partial charge in [0.1, 0.15) is 6.04 Å². The van der Waals surface area contributed by atoms with Crippen molar-refractivity contribution in [3.63, 3.8) is 0 Å². The largest absolute Gasteiger partial charge is 0.544 e. The van der Waals surface area contributed by atoms with Gasteiger partial charge >= 0.3 is 0 Å². The van der Waals surface area contributed by atoms with E-state index in [9.17, 15) is 14.7 Å². The van der Waals surface area contributed by atoms with Crippen molar-refractivity contribution in [3.05, 3.63) is 40.9 Å². The van der Waals surface area contributed by atoms with Crippen LogP contribution < -0.4 is 15.7 Å². The summed E-state index contributed by atoms with van der Waals surface area (Å²) in [6.07, 6.45) is 7.60. The molecule has 0 radical (unpaired) electrons. The Morgan fingerprint density at radius 2 is 2.08 bits per heavy atom. The number of carboxylic acids is 1. The van der Waals surface area contributed by atoms with Crippen LogP contribution in [0.3, 0.4) is 0 Å². The van der Waals surface area contributed by atoms with E-state index in [0.29, 0.717) is 17.3 Å². The molecule has 0 unspecified atom stereocenters. The van der Waals surface area contributed by atoms with E-state index in [1.807, 2.05) is 0 Å². The average Bonchev–Trinajstić information content (AvgIpc) is 2.57. The fourth-order valence-electron chi connectivity index (χ4n) is 2.83. The summed E-state index contributed by atoms with van der Waals surface area (Å²) in [7, 11) is 0. The topological polar surface area (TPSA) is 85.8 Å². The molecule has 5 nitrogen and oxygen atoms in total. The SMILES string of the molecule is O=C(C[C@@H]([NH2+]CCC1=CCCCC1)C(=O)[O-])Nc1ccccc1Cl. The lowest BCUT2D eigenvalue weighted by molar-refractivity contribution is -0.682. The van der Waals surface area contributed by atoms with Gasteiger partial charge in [-0.1, -0.05) is 35.4 Å². The highest BCUT2D eigenvalue weighted by atomic mass is 35.5.